The summed E-state index contributed by atoms with van der Waals surface area (Å²) in [6.45, 7) is 0. The van der Waals surface area contributed by atoms with Crippen molar-refractivity contribution in [2.45, 2.75) is 31.8 Å². The number of methoxy groups -OCH3 is 1. The van der Waals surface area contributed by atoms with E-state index in [1.807, 2.05) is 12.1 Å². The Kier molecular flexibility index (Phi) is 3.34. The van der Waals surface area contributed by atoms with Crippen LogP contribution in [0.25, 0.3) is 0 Å². The average Bonchev–Trinajstić information content (AvgIpc) is 3.28. The lowest BCUT2D eigenvalue weighted by Gasteiger charge is -2.20. The summed E-state index contributed by atoms with van der Waals surface area (Å²) in [7, 11) is 1.38. The van der Waals surface area contributed by atoms with Gasteiger partial charge in [-0.05, 0) is 43.0 Å². The number of amides is 1. The Hall–Kier alpha value is -2.04. The summed E-state index contributed by atoms with van der Waals surface area (Å²) in [6, 6.07) is 5.50. The molecule has 5 heteroatoms. The maximum atomic E-state index is 11.7. The molecule has 1 aliphatic heterocycles. The van der Waals surface area contributed by atoms with Crippen molar-refractivity contribution in [3.8, 4) is 5.75 Å². The van der Waals surface area contributed by atoms with Crippen LogP contribution in [0.2, 0.25) is 0 Å². The van der Waals surface area contributed by atoms with Crippen LogP contribution < -0.4 is 10.1 Å². The standard InChI is InChI=1S/C15H17NO4/c1-19-15(18)14(9-2-3-9)20-11-5-6-12-10(8-11)4-7-13(17)16-12/h5-6,8-9,14H,2-4,7H2,1H3,(H,16,17). The molecule has 1 aromatic carbocycles. The highest BCUT2D eigenvalue weighted by atomic mass is 16.6. The minimum atomic E-state index is -0.517. The third kappa shape index (κ3) is 2.61. The largest absolute Gasteiger partial charge is 0.478 e. The van der Waals surface area contributed by atoms with Gasteiger partial charge in [-0.15, -0.1) is 0 Å². The zero-order chi connectivity index (χ0) is 14.1. The average molecular weight is 275 g/mol. The van der Waals surface area contributed by atoms with Gasteiger partial charge in [0.25, 0.3) is 0 Å². The lowest BCUT2D eigenvalue weighted by atomic mass is 10.0. The number of benzene rings is 1. The molecule has 0 radical (unpaired) electrons. The Morgan fingerprint density at radius 3 is 2.85 bits per heavy atom. The van der Waals surface area contributed by atoms with Crippen LogP contribution in [0, 0.1) is 5.92 Å². The van der Waals surface area contributed by atoms with Crippen molar-refractivity contribution in [3.05, 3.63) is 23.8 Å². The summed E-state index contributed by atoms with van der Waals surface area (Å²) in [5, 5.41) is 2.82. The number of carbonyl (C=O) groups excluding carboxylic acids is 2. The Morgan fingerprint density at radius 2 is 2.15 bits per heavy atom. The Labute approximate surface area is 117 Å². The zero-order valence-corrected chi connectivity index (χ0v) is 11.3. The molecule has 0 spiro atoms. The highest BCUT2D eigenvalue weighted by molar-refractivity contribution is 5.94. The van der Waals surface area contributed by atoms with Crippen molar-refractivity contribution in [1.82, 2.24) is 0 Å². The van der Waals surface area contributed by atoms with Gasteiger partial charge in [0.15, 0.2) is 6.10 Å². The Balaban J connectivity index is 1.77. The van der Waals surface area contributed by atoms with E-state index in [1.54, 1.807) is 6.07 Å². The molecule has 1 heterocycles. The van der Waals surface area contributed by atoms with E-state index in [2.05, 4.69) is 5.32 Å². The van der Waals surface area contributed by atoms with Crippen LogP contribution in [0.15, 0.2) is 18.2 Å². The van der Waals surface area contributed by atoms with Crippen molar-refractivity contribution in [2.24, 2.45) is 5.92 Å². The molecule has 1 N–H and O–H groups in total. The normalized spacial score (nSPS) is 18.8. The Bertz CT molecular complexity index is 551. The molecule has 20 heavy (non-hydrogen) atoms. The van der Waals surface area contributed by atoms with Gasteiger partial charge in [0.2, 0.25) is 5.91 Å². The second-order valence-corrected chi connectivity index (χ2v) is 5.27. The number of ether oxygens (including phenoxy) is 2. The summed E-state index contributed by atoms with van der Waals surface area (Å²) < 4.78 is 10.6. The third-order valence-corrected chi connectivity index (χ3v) is 3.72. The minimum absolute atomic E-state index is 0.0385. The number of anilines is 1. The molecule has 3 rings (SSSR count). The molecule has 1 unspecified atom stereocenters. The van der Waals surface area contributed by atoms with Crippen molar-refractivity contribution in [1.29, 1.82) is 0 Å². The van der Waals surface area contributed by atoms with Crippen molar-refractivity contribution >= 4 is 17.6 Å². The number of fused-ring (bicyclic) bond motifs is 1. The monoisotopic (exact) mass is 275 g/mol. The number of aryl methyl sites for hydroxylation is 1. The van der Waals surface area contributed by atoms with Crippen LogP contribution in [-0.2, 0) is 20.7 Å². The van der Waals surface area contributed by atoms with Crippen LogP contribution in [0.5, 0.6) is 5.75 Å². The molecule has 1 aliphatic carbocycles. The molecule has 1 fully saturated rings. The predicted octanol–water partition coefficient (Wildman–Crippen LogP) is 1.90. The third-order valence-electron chi connectivity index (χ3n) is 3.72. The molecule has 1 aromatic rings. The number of esters is 1. The van der Waals surface area contributed by atoms with Gasteiger partial charge in [0.1, 0.15) is 5.75 Å². The van der Waals surface area contributed by atoms with Gasteiger partial charge in [-0.25, -0.2) is 4.79 Å². The van der Waals surface area contributed by atoms with Crippen LogP contribution in [0.3, 0.4) is 0 Å². The molecule has 1 amide bonds. The van der Waals surface area contributed by atoms with Crippen LogP contribution in [-0.4, -0.2) is 25.1 Å². The first kappa shape index (κ1) is 13.0. The van der Waals surface area contributed by atoms with E-state index >= 15 is 0 Å². The quantitative estimate of drug-likeness (QED) is 0.852. The van der Waals surface area contributed by atoms with Crippen molar-refractivity contribution < 1.29 is 19.1 Å². The first-order valence-electron chi connectivity index (χ1n) is 6.84. The van der Waals surface area contributed by atoms with Gasteiger partial charge in [-0.2, -0.15) is 0 Å². The molecular formula is C15H17NO4. The topological polar surface area (TPSA) is 64.6 Å². The summed E-state index contributed by atoms with van der Waals surface area (Å²) in [5.41, 5.74) is 1.87. The number of carbonyl (C=O) groups is 2. The van der Waals surface area contributed by atoms with Gasteiger partial charge in [0.05, 0.1) is 7.11 Å². The molecule has 2 aliphatic rings. The first-order valence-corrected chi connectivity index (χ1v) is 6.84. The van der Waals surface area contributed by atoms with E-state index < -0.39 is 6.10 Å². The van der Waals surface area contributed by atoms with Crippen LogP contribution in [0.4, 0.5) is 5.69 Å². The van der Waals surface area contributed by atoms with Gasteiger partial charge < -0.3 is 14.8 Å². The van der Waals surface area contributed by atoms with E-state index in [-0.39, 0.29) is 17.8 Å². The van der Waals surface area contributed by atoms with Gasteiger partial charge in [0, 0.05) is 18.0 Å². The fraction of sp³-hybridized carbons (Fsp3) is 0.467. The summed E-state index contributed by atoms with van der Waals surface area (Å²) in [6.07, 6.45) is 2.67. The molecular weight excluding hydrogens is 258 g/mol. The van der Waals surface area contributed by atoms with Gasteiger partial charge >= 0.3 is 5.97 Å². The molecule has 0 saturated heterocycles. The second kappa shape index (κ2) is 5.15. The molecule has 1 atom stereocenters. The smallest absolute Gasteiger partial charge is 0.347 e. The summed E-state index contributed by atoms with van der Waals surface area (Å²) in [4.78, 5) is 23.0. The fourth-order valence-electron chi connectivity index (χ4n) is 2.43. The molecule has 1 saturated carbocycles. The molecule has 0 aromatic heterocycles. The number of hydrogen-bond acceptors (Lipinski definition) is 4. The van der Waals surface area contributed by atoms with E-state index in [9.17, 15) is 9.59 Å². The Morgan fingerprint density at radius 1 is 1.35 bits per heavy atom. The molecule has 106 valence electrons. The van der Waals surface area contributed by atoms with E-state index in [1.165, 1.54) is 7.11 Å². The van der Waals surface area contributed by atoms with Gasteiger partial charge in [-0.3, -0.25) is 4.79 Å². The highest BCUT2D eigenvalue weighted by Gasteiger charge is 2.39. The van der Waals surface area contributed by atoms with Gasteiger partial charge in [-0.1, -0.05) is 0 Å². The summed E-state index contributed by atoms with van der Waals surface area (Å²) in [5.74, 6) is 0.635. The number of hydrogen-bond donors (Lipinski definition) is 1. The first-order chi connectivity index (χ1) is 9.67. The maximum absolute atomic E-state index is 11.7. The lowest BCUT2D eigenvalue weighted by molar-refractivity contribution is -0.149. The fourth-order valence-corrected chi connectivity index (χ4v) is 2.43. The summed E-state index contributed by atoms with van der Waals surface area (Å²) >= 11 is 0. The van der Waals surface area contributed by atoms with E-state index in [0.717, 1.165) is 24.1 Å². The maximum Gasteiger partial charge on any atom is 0.347 e. The SMILES string of the molecule is COC(=O)C(Oc1ccc2c(c1)CCC(=O)N2)C1CC1. The van der Waals surface area contributed by atoms with Crippen molar-refractivity contribution in [3.63, 3.8) is 0 Å². The zero-order valence-electron chi connectivity index (χ0n) is 11.3. The number of rotatable bonds is 4. The van der Waals surface area contributed by atoms with Crippen molar-refractivity contribution in [2.75, 3.05) is 12.4 Å². The van der Waals surface area contributed by atoms with E-state index in [4.69, 9.17) is 9.47 Å². The predicted molar refractivity (Wildman–Crippen MR) is 72.5 cm³/mol. The van der Waals surface area contributed by atoms with E-state index in [0.29, 0.717) is 18.6 Å². The van der Waals surface area contributed by atoms with Crippen LogP contribution in [0.1, 0.15) is 24.8 Å². The highest BCUT2D eigenvalue weighted by Crippen LogP contribution is 2.36. The molecule has 0 bridgehead atoms. The number of nitrogens with one attached hydrogen (secondary N) is 1. The second-order valence-electron chi connectivity index (χ2n) is 5.27. The lowest BCUT2D eigenvalue weighted by Crippen LogP contribution is -2.30. The van der Waals surface area contributed by atoms with Crippen LogP contribution >= 0.6 is 0 Å². The minimum Gasteiger partial charge on any atom is -0.478 e. The molecule has 5 nitrogen and oxygen atoms in total.